The number of amides is 1. The zero-order valence-corrected chi connectivity index (χ0v) is 19.3. The van der Waals surface area contributed by atoms with Gasteiger partial charge in [0.25, 0.3) is 0 Å². The number of nitrogens with one attached hydrogen (secondary N) is 1. The summed E-state index contributed by atoms with van der Waals surface area (Å²) in [5, 5.41) is 10.2. The number of ether oxygens (including phenoxy) is 1. The second-order valence-electron chi connectivity index (χ2n) is 7.10. The molecule has 31 heavy (non-hydrogen) atoms. The first-order valence-corrected chi connectivity index (χ1v) is 11.3. The number of aromatic nitrogens is 3. The molecule has 0 radical (unpaired) electrons. The number of hydrogen-bond donors (Lipinski definition) is 1. The number of para-hydroxylation sites is 1. The van der Waals surface area contributed by atoms with E-state index in [4.69, 9.17) is 27.9 Å². The molecule has 1 N–H and O–H groups in total. The first-order valence-electron chi connectivity index (χ1n) is 9.71. The van der Waals surface area contributed by atoms with Crippen LogP contribution in [0.1, 0.15) is 24.0 Å². The first-order chi connectivity index (χ1) is 14.9. The molecule has 0 fully saturated rings. The van der Waals surface area contributed by atoms with Gasteiger partial charge < -0.3 is 4.74 Å². The van der Waals surface area contributed by atoms with Crippen molar-refractivity contribution in [1.29, 1.82) is 0 Å². The highest BCUT2D eigenvalue weighted by atomic mass is 35.5. The maximum Gasteiger partial charge on any atom is 0.250 e. The molecule has 4 aromatic rings. The number of anilines is 1. The number of carbonyl (C=O) groups is 1. The van der Waals surface area contributed by atoms with Gasteiger partial charge in [0.1, 0.15) is 5.75 Å². The van der Waals surface area contributed by atoms with Crippen molar-refractivity contribution < 1.29 is 9.53 Å². The van der Waals surface area contributed by atoms with Crippen LogP contribution in [0.3, 0.4) is 0 Å². The maximum absolute atomic E-state index is 12.3. The Balaban J connectivity index is 1.37. The van der Waals surface area contributed by atoms with Crippen LogP contribution < -0.4 is 10.1 Å². The molecular weight excluding hydrogens is 455 g/mol. The number of nitrogens with zero attached hydrogens (tertiary/aromatic N) is 3. The van der Waals surface area contributed by atoms with E-state index in [9.17, 15) is 4.79 Å². The zero-order chi connectivity index (χ0) is 22.0. The Bertz CT molecular complexity index is 1230. The van der Waals surface area contributed by atoms with Gasteiger partial charge in [0.05, 0.1) is 17.3 Å². The fraction of sp³-hybridized carbons (Fsp3) is 0.227. The number of benzene rings is 2. The summed E-state index contributed by atoms with van der Waals surface area (Å²) < 4.78 is 7.51. The SMILES string of the molecule is Cc1cccc(C)c1OCCCC(=O)Nc1nc2scc(-c3cc(Cl)ccc3Cl)n2n1. The Hall–Kier alpha value is -2.61. The monoisotopic (exact) mass is 474 g/mol. The molecule has 4 rings (SSSR count). The van der Waals surface area contributed by atoms with Crippen molar-refractivity contribution in [3.63, 3.8) is 0 Å². The molecule has 0 unspecified atom stereocenters. The highest BCUT2D eigenvalue weighted by Crippen LogP contribution is 2.33. The fourth-order valence-corrected chi connectivity index (χ4v) is 4.44. The number of aryl methyl sites for hydroxylation is 2. The van der Waals surface area contributed by atoms with Crippen molar-refractivity contribution in [2.24, 2.45) is 0 Å². The molecule has 2 aromatic carbocycles. The van der Waals surface area contributed by atoms with Crippen LogP contribution in [0.2, 0.25) is 10.0 Å². The number of rotatable bonds is 7. The van der Waals surface area contributed by atoms with Crippen LogP contribution in [-0.4, -0.2) is 27.1 Å². The van der Waals surface area contributed by atoms with Crippen LogP contribution in [-0.2, 0) is 4.79 Å². The highest BCUT2D eigenvalue weighted by Gasteiger charge is 2.15. The number of halogens is 2. The summed E-state index contributed by atoms with van der Waals surface area (Å²) in [4.78, 5) is 17.4. The predicted molar refractivity (Wildman–Crippen MR) is 126 cm³/mol. The third-order valence-electron chi connectivity index (χ3n) is 4.74. The van der Waals surface area contributed by atoms with Crippen molar-refractivity contribution in [3.8, 4) is 17.0 Å². The average molecular weight is 475 g/mol. The van der Waals surface area contributed by atoms with Gasteiger partial charge in [0.2, 0.25) is 16.8 Å². The minimum absolute atomic E-state index is 0.161. The molecule has 0 spiro atoms. The van der Waals surface area contributed by atoms with Crippen LogP contribution in [0, 0.1) is 13.8 Å². The maximum atomic E-state index is 12.3. The lowest BCUT2D eigenvalue weighted by Gasteiger charge is -2.11. The van der Waals surface area contributed by atoms with Gasteiger partial charge in [-0.25, -0.2) is 4.52 Å². The van der Waals surface area contributed by atoms with Crippen LogP contribution in [0.25, 0.3) is 16.2 Å². The van der Waals surface area contributed by atoms with E-state index < -0.39 is 0 Å². The summed E-state index contributed by atoms with van der Waals surface area (Å²) in [5.74, 6) is 0.976. The molecule has 2 heterocycles. The second-order valence-corrected chi connectivity index (χ2v) is 8.78. The van der Waals surface area contributed by atoms with Crippen molar-refractivity contribution in [2.45, 2.75) is 26.7 Å². The lowest BCUT2D eigenvalue weighted by Crippen LogP contribution is -2.14. The summed E-state index contributed by atoms with van der Waals surface area (Å²) in [6.07, 6.45) is 0.899. The molecule has 0 saturated carbocycles. The van der Waals surface area contributed by atoms with Crippen molar-refractivity contribution >= 4 is 51.4 Å². The molecule has 0 aliphatic carbocycles. The predicted octanol–water partition coefficient (Wildman–Crippen LogP) is 6.18. The van der Waals surface area contributed by atoms with Gasteiger partial charge in [-0.1, -0.05) is 41.4 Å². The Morgan fingerprint density at radius 2 is 1.97 bits per heavy atom. The number of fused-ring (bicyclic) bond motifs is 1. The second kappa shape index (κ2) is 9.26. The highest BCUT2D eigenvalue weighted by molar-refractivity contribution is 7.15. The molecule has 6 nitrogen and oxygen atoms in total. The van der Waals surface area contributed by atoms with Crippen molar-refractivity contribution in [2.75, 3.05) is 11.9 Å². The van der Waals surface area contributed by atoms with Gasteiger partial charge in [0, 0.05) is 22.4 Å². The number of thiazole rings is 1. The van der Waals surface area contributed by atoms with Crippen LogP contribution >= 0.6 is 34.5 Å². The minimum Gasteiger partial charge on any atom is -0.493 e. The number of carbonyl (C=O) groups excluding carboxylic acids is 1. The van der Waals surface area contributed by atoms with Gasteiger partial charge in [0.15, 0.2) is 0 Å². The minimum atomic E-state index is -0.161. The van der Waals surface area contributed by atoms with E-state index >= 15 is 0 Å². The average Bonchev–Trinajstić information content (AvgIpc) is 3.29. The van der Waals surface area contributed by atoms with E-state index in [1.54, 1.807) is 22.7 Å². The van der Waals surface area contributed by atoms with Gasteiger partial charge in [-0.2, -0.15) is 4.98 Å². The quantitative estimate of drug-likeness (QED) is 0.324. The molecule has 0 aliphatic heterocycles. The first kappa shape index (κ1) is 21.6. The molecule has 0 bridgehead atoms. The van der Waals surface area contributed by atoms with Gasteiger partial charge in [-0.3, -0.25) is 10.1 Å². The van der Waals surface area contributed by atoms with Gasteiger partial charge in [-0.15, -0.1) is 16.4 Å². The topological polar surface area (TPSA) is 68.5 Å². The normalized spacial score (nSPS) is 11.1. The summed E-state index contributed by atoms with van der Waals surface area (Å²) in [7, 11) is 0. The van der Waals surface area contributed by atoms with E-state index in [2.05, 4.69) is 15.4 Å². The van der Waals surface area contributed by atoms with E-state index in [1.807, 2.05) is 37.4 Å². The lowest BCUT2D eigenvalue weighted by atomic mass is 10.1. The Kier molecular flexibility index (Phi) is 6.46. The Morgan fingerprint density at radius 3 is 2.74 bits per heavy atom. The molecular formula is C22H20Cl2N4O2S. The molecule has 9 heteroatoms. The van der Waals surface area contributed by atoms with Crippen LogP contribution in [0.5, 0.6) is 5.75 Å². The van der Waals surface area contributed by atoms with E-state index in [-0.39, 0.29) is 11.9 Å². The van der Waals surface area contributed by atoms with Crippen molar-refractivity contribution in [1.82, 2.24) is 14.6 Å². The smallest absolute Gasteiger partial charge is 0.250 e. The largest absolute Gasteiger partial charge is 0.493 e. The third kappa shape index (κ3) is 4.84. The number of hydrogen-bond acceptors (Lipinski definition) is 5. The molecule has 0 saturated heterocycles. The summed E-state index contributed by atoms with van der Waals surface area (Å²) >= 11 is 13.8. The van der Waals surface area contributed by atoms with E-state index in [0.29, 0.717) is 34.5 Å². The van der Waals surface area contributed by atoms with Gasteiger partial charge in [-0.05, 0) is 49.6 Å². The zero-order valence-electron chi connectivity index (χ0n) is 17.0. The summed E-state index contributed by atoms with van der Waals surface area (Å²) in [6.45, 7) is 4.48. The molecule has 2 aromatic heterocycles. The Labute approximate surface area is 193 Å². The molecule has 1 amide bonds. The molecule has 0 atom stereocenters. The van der Waals surface area contributed by atoms with Crippen LogP contribution in [0.15, 0.2) is 41.8 Å². The van der Waals surface area contributed by atoms with E-state index in [1.165, 1.54) is 11.3 Å². The summed E-state index contributed by atoms with van der Waals surface area (Å²) in [5.41, 5.74) is 3.69. The van der Waals surface area contributed by atoms with E-state index in [0.717, 1.165) is 28.1 Å². The third-order valence-corrected chi connectivity index (χ3v) is 6.12. The molecule has 160 valence electrons. The Morgan fingerprint density at radius 1 is 1.19 bits per heavy atom. The van der Waals surface area contributed by atoms with Crippen LogP contribution in [0.4, 0.5) is 5.95 Å². The summed E-state index contributed by atoms with van der Waals surface area (Å²) in [6, 6.07) is 11.3. The fourth-order valence-electron chi connectivity index (χ4n) is 3.23. The van der Waals surface area contributed by atoms with Crippen molar-refractivity contribution in [3.05, 3.63) is 63.0 Å². The molecule has 0 aliphatic rings. The lowest BCUT2D eigenvalue weighted by molar-refractivity contribution is -0.116. The standard InChI is InChI=1S/C22H20Cl2N4O2S/c1-13-5-3-6-14(2)20(13)30-10-4-7-19(29)25-21-26-22-28(27-21)18(12-31-22)16-11-15(23)8-9-17(16)24/h3,5-6,8-9,11-12H,4,7,10H2,1-2H3,(H,25,27,29). The van der Waals surface area contributed by atoms with Gasteiger partial charge >= 0.3 is 0 Å².